The molecule has 0 aliphatic heterocycles. The number of ether oxygens (including phenoxy) is 1. The van der Waals surface area contributed by atoms with E-state index in [1.807, 2.05) is 0 Å². The van der Waals surface area contributed by atoms with Crippen molar-refractivity contribution in [2.45, 2.75) is 82.3 Å². The van der Waals surface area contributed by atoms with Crippen LogP contribution in [0.15, 0.2) is 42.5 Å². The maximum absolute atomic E-state index is 15.5. The number of anilines is 1. The molecular formula is C42H40ClF7N8O6S. The Morgan fingerprint density at radius 2 is 1.71 bits per heavy atom. The normalized spacial score (nSPS) is 17.9. The number of nitrogens with zero attached hydrogens (tertiary/aromatic N) is 5. The van der Waals surface area contributed by atoms with Crippen LogP contribution in [-0.4, -0.2) is 74.1 Å². The average molecular weight is 953 g/mol. The zero-order valence-electron chi connectivity index (χ0n) is 35.3. The van der Waals surface area contributed by atoms with Crippen molar-refractivity contribution in [3.63, 3.8) is 0 Å². The van der Waals surface area contributed by atoms with E-state index in [2.05, 4.69) is 37.4 Å². The van der Waals surface area contributed by atoms with Gasteiger partial charge in [0.05, 0.1) is 40.5 Å². The highest BCUT2D eigenvalue weighted by Crippen LogP contribution is 2.68. The largest absolute Gasteiger partial charge is 0.444 e. The third-order valence-electron chi connectivity index (χ3n) is 10.4. The molecule has 0 spiro atoms. The number of aromatic nitrogens is 5. The number of hydrogen-bond acceptors (Lipinski definition) is 9. The molecule has 4 N–H and O–H groups in total. The molecule has 346 valence electrons. The van der Waals surface area contributed by atoms with E-state index in [0.717, 1.165) is 18.4 Å². The predicted molar refractivity (Wildman–Crippen MR) is 222 cm³/mol. The third-order valence-corrected chi connectivity index (χ3v) is 11.3. The summed E-state index contributed by atoms with van der Waals surface area (Å²) in [5, 5.41) is 24.0. The fourth-order valence-electron chi connectivity index (χ4n) is 7.83. The van der Waals surface area contributed by atoms with Gasteiger partial charge in [0.25, 0.3) is 5.92 Å². The van der Waals surface area contributed by atoms with E-state index >= 15 is 8.78 Å². The maximum atomic E-state index is 15.5. The first kappa shape index (κ1) is 47.1. The van der Waals surface area contributed by atoms with Crippen LogP contribution in [0.5, 0.6) is 0 Å². The van der Waals surface area contributed by atoms with Crippen molar-refractivity contribution in [3.8, 4) is 23.0 Å². The lowest BCUT2D eigenvalue weighted by atomic mass is 9.93. The second kappa shape index (κ2) is 16.5. The topological polar surface area (TPSA) is 182 Å². The molecule has 5 aromatic rings. The summed E-state index contributed by atoms with van der Waals surface area (Å²) in [7, 11) is -2.43. The molecule has 0 saturated heterocycles. The predicted octanol–water partition coefficient (Wildman–Crippen LogP) is 7.09. The first-order chi connectivity index (χ1) is 30.0. The molecule has 1 unspecified atom stereocenters. The number of nitrogens with one attached hydrogen (secondary N) is 3. The summed E-state index contributed by atoms with van der Waals surface area (Å²) in [5.41, 5.74) is -5.62. The summed E-state index contributed by atoms with van der Waals surface area (Å²) in [6.07, 6.45) is -5.72. The highest BCUT2D eigenvalue weighted by atomic mass is 35.5. The third kappa shape index (κ3) is 10.2. The van der Waals surface area contributed by atoms with Crippen LogP contribution in [0.3, 0.4) is 0 Å². The van der Waals surface area contributed by atoms with Crippen LogP contribution < -0.4 is 15.4 Å². The summed E-state index contributed by atoms with van der Waals surface area (Å²) in [6, 6.07) is 6.80. The highest BCUT2D eigenvalue weighted by Gasteiger charge is 2.68. The lowest BCUT2D eigenvalue weighted by molar-refractivity contribution is -0.142. The van der Waals surface area contributed by atoms with Crippen molar-refractivity contribution < 1.29 is 58.6 Å². The van der Waals surface area contributed by atoms with Crippen molar-refractivity contribution in [2.75, 3.05) is 17.5 Å². The van der Waals surface area contributed by atoms with Crippen LogP contribution in [0.2, 0.25) is 5.02 Å². The smallest absolute Gasteiger partial charge is 0.435 e. The minimum Gasteiger partial charge on any atom is -0.444 e. The van der Waals surface area contributed by atoms with Crippen molar-refractivity contribution in [2.24, 2.45) is 13.0 Å². The van der Waals surface area contributed by atoms with E-state index in [4.69, 9.17) is 21.3 Å². The molecular weight excluding hydrogens is 913 g/mol. The van der Waals surface area contributed by atoms with Gasteiger partial charge in [-0.1, -0.05) is 23.6 Å². The number of benzene rings is 2. The Labute approximate surface area is 371 Å². The van der Waals surface area contributed by atoms with Crippen LogP contribution in [0.1, 0.15) is 80.0 Å². The number of sulfonamides is 1. The lowest BCUT2D eigenvalue weighted by Crippen LogP contribution is -2.42. The van der Waals surface area contributed by atoms with E-state index in [1.54, 1.807) is 20.8 Å². The second-order valence-corrected chi connectivity index (χ2v) is 19.3. The molecule has 23 heteroatoms. The molecule has 3 heterocycles. The fraction of sp³-hybridized carbons (Fsp3) is 0.405. The number of rotatable bonds is 11. The fourth-order valence-corrected chi connectivity index (χ4v) is 8.57. The number of pyridine rings is 1. The van der Waals surface area contributed by atoms with Crippen molar-refractivity contribution in [3.05, 3.63) is 93.0 Å². The van der Waals surface area contributed by atoms with Crippen molar-refractivity contribution in [1.29, 1.82) is 0 Å². The minimum absolute atomic E-state index is 0.0550. The number of carbonyl (C=O) groups excluding carboxylic acids is 2. The summed E-state index contributed by atoms with van der Waals surface area (Å²) in [5.74, 6) is -4.23. The van der Waals surface area contributed by atoms with Crippen LogP contribution in [0.4, 0.5) is 41.3 Å². The molecule has 2 aromatic carbocycles. The molecule has 7 rings (SSSR count). The molecule has 65 heavy (non-hydrogen) atoms. The molecule has 3 aromatic heterocycles. The standard InChI is InChI=1S/C42H40ClF7N8O6S/c1-39(2,3)64-38(60)51-19-40(4,61)12-11-23-7-8-24(25-9-10-28(43)32-34(25)57(5)55-37(32)56-65(6,62)63)33(52-23)29(15-20-13-21(44)16-22(45)14-20)53-30(59)18-58-36-31(35(54-58)42(48,49)50)26-17-27(26)41(36,46)47/h7-10,13-14,16,26-27,29,61H,15,17-19H2,1-6H3,(H,51,60)(H,53,59)(H,55,56)/t26-,27+,29-,40?/m0/s1. The van der Waals surface area contributed by atoms with Gasteiger partial charge in [-0.15, -0.1) is 0 Å². The Morgan fingerprint density at radius 3 is 2.34 bits per heavy atom. The number of hydrogen-bond donors (Lipinski definition) is 4. The Morgan fingerprint density at radius 1 is 1.05 bits per heavy atom. The van der Waals surface area contributed by atoms with Gasteiger partial charge in [0, 0.05) is 35.7 Å². The van der Waals surface area contributed by atoms with Gasteiger partial charge >= 0.3 is 12.3 Å². The zero-order valence-corrected chi connectivity index (χ0v) is 36.8. The van der Waals surface area contributed by atoms with Gasteiger partial charge in [-0.2, -0.15) is 32.1 Å². The number of alkyl carbamates (subject to hydrolysis) is 1. The first-order valence-electron chi connectivity index (χ1n) is 19.7. The van der Waals surface area contributed by atoms with Crippen LogP contribution in [0.25, 0.3) is 22.0 Å². The van der Waals surface area contributed by atoms with Gasteiger partial charge in [0.1, 0.15) is 40.8 Å². The molecule has 1 fully saturated rings. The second-order valence-electron chi connectivity index (χ2n) is 17.1. The Balaban J connectivity index is 1.36. The van der Waals surface area contributed by atoms with E-state index < -0.39 is 111 Å². The number of halogens is 8. The SMILES string of the molecule is Cn1nc(NS(C)(=O)=O)c2c(Cl)ccc(-c3ccc(C#CC(C)(O)CNC(=O)OC(C)(C)C)nc3[C@H](Cc3cc(F)cc(F)c3)NC(=O)Cn3nc(C(F)(F)F)c4c3C(F)(F)[C@@H]3C[C@H]43)c21. The van der Waals surface area contributed by atoms with Crippen LogP contribution >= 0.6 is 11.6 Å². The molecule has 2 amide bonds. The van der Waals surface area contributed by atoms with Gasteiger partial charge in [-0.25, -0.2) is 27.0 Å². The molecule has 2 aliphatic carbocycles. The summed E-state index contributed by atoms with van der Waals surface area (Å²) in [4.78, 5) is 31.0. The monoisotopic (exact) mass is 952 g/mol. The number of alkyl halides is 5. The van der Waals surface area contributed by atoms with E-state index in [9.17, 15) is 45.1 Å². The Bertz CT molecular complexity index is 2920. The average Bonchev–Trinajstić information content (AvgIpc) is 3.70. The first-order valence-corrected chi connectivity index (χ1v) is 22.0. The van der Waals surface area contributed by atoms with Gasteiger partial charge in [0.2, 0.25) is 15.9 Å². The zero-order chi connectivity index (χ0) is 47.8. The van der Waals surface area contributed by atoms with Crippen LogP contribution in [0, 0.1) is 29.4 Å². The van der Waals surface area contributed by atoms with E-state index in [1.165, 1.54) is 42.9 Å². The summed E-state index contributed by atoms with van der Waals surface area (Å²) < 4.78 is 137. The number of aryl methyl sites for hydroxylation is 1. The quantitative estimate of drug-likeness (QED) is 0.0794. The van der Waals surface area contributed by atoms with Gasteiger partial charge < -0.3 is 20.5 Å². The van der Waals surface area contributed by atoms with Gasteiger partial charge in [0.15, 0.2) is 11.5 Å². The molecule has 0 bridgehead atoms. The van der Waals surface area contributed by atoms with E-state index in [0.29, 0.717) is 10.7 Å². The summed E-state index contributed by atoms with van der Waals surface area (Å²) >= 11 is 6.60. The van der Waals surface area contributed by atoms with Crippen molar-refractivity contribution >= 4 is 50.3 Å². The number of carbonyl (C=O) groups is 2. The number of amides is 2. The summed E-state index contributed by atoms with van der Waals surface area (Å²) in [6.45, 7) is 4.65. The molecule has 4 atom stereocenters. The van der Waals surface area contributed by atoms with Crippen LogP contribution in [-0.2, 0) is 51.7 Å². The molecule has 0 radical (unpaired) electrons. The number of fused-ring (bicyclic) bond motifs is 4. The van der Waals surface area contributed by atoms with Crippen molar-refractivity contribution in [1.82, 2.24) is 35.2 Å². The number of aliphatic hydroxyl groups is 1. The molecule has 2 aliphatic rings. The Hall–Kier alpha value is -5.92. The Kier molecular flexibility index (Phi) is 11.9. The van der Waals surface area contributed by atoms with E-state index in [-0.39, 0.29) is 56.2 Å². The van der Waals surface area contributed by atoms with Gasteiger partial charge in [-0.3, -0.25) is 18.9 Å². The molecule has 14 nitrogen and oxygen atoms in total. The minimum atomic E-state index is -5.12. The molecule has 1 saturated carbocycles. The maximum Gasteiger partial charge on any atom is 0.435 e. The lowest BCUT2D eigenvalue weighted by Gasteiger charge is -2.23. The van der Waals surface area contributed by atoms with Gasteiger partial charge in [-0.05, 0) is 88.3 Å². The highest BCUT2D eigenvalue weighted by molar-refractivity contribution is 7.92.